The lowest BCUT2D eigenvalue weighted by Crippen LogP contribution is -2.24. The molecule has 1 aromatic carbocycles. The maximum Gasteiger partial charge on any atom is 0.404 e. The Morgan fingerprint density at radius 2 is 2.05 bits per heavy atom. The number of ether oxygens (including phenoxy) is 3. The molecule has 0 heterocycles. The number of hydrogen-bond acceptors (Lipinski definition) is 4. The summed E-state index contributed by atoms with van der Waals surface area (Å²) in [6, 6.07) is 7.52. The Morgan fingerprint density at radius 1 is 1.33 bits per heavy atom. The maximum atomic E-state index is 10.5. The summed E-state index contributed by atoms with van der Waals surface area (Å²) in [5.41, 5.74) is 4.92. The molecular weight excluding hydrogens is 270 g/mol. The maximum absolute atomic E-state index is 10.5. The van der Waals surface area contributed by atoms with E-state index in [4.69, 9.17) is 19.9 Å². The summed E-state index contributed by atoms with van der Waals surface area (Å²) in [7, 11) is 0. The van der Waals surface area contributed by atoms with Crippen LogP contribution >= 0.6 is 0 Å². The van der Waals surface area contributed by atoms with Crippen LogP contribution in [0.1, 0.15) is 32.6 Å². The van der Waals surface area contributed by atoms with Crippen molar-refractivity contribution in [1.29, 1.82) is 0 Å². The summed E-state index contributed by atoms with van der Waals surface area (Å²) in [5.74, 6) is 2.18. The van der Waals surface area contributed by atoms with Crippen LogP contribution in [0.5, 0.6) is 11.5 Å². The molecule has 1 saturated carbocycles. The number of carbonyl (C=O) groups excluding carboxylic acids is 1. The number of nitrogens with two attached hydrogens (primary N) is 1. The minimum Gasteiger partial charge on any atom is -0.493 e. The Bertz CT molecular complexity index is 457. The van der Waals surface area contributed by atoms with Gasteiger partial charge >= 0.3 is 6.09 Å². The Kier molecular flexibility index (Phi) is 5.72. The van der Waals surface area contributed by atoms with Gasteiger partial charge in [-0.1, -0.05) is 18.9 Å². The van der Waals surface area contributed by atoms with E-state index >= 15 is 0 Å². The molecular formula is C16H23NO4. The van der Waals surface area contributed by atoms with E-state index in [1.165, 1.54) is 25.7 Å². The zero-order valence-electron chi connectivity index (χ0n) is 12.4. The molecule has 1 amide bonds. The zero-order chi connectivity index (χ0) is 15.1. The number of rotatable bonds is 7. The molecule has 1 aliphatic carbocycles. The molecule has 116 valence electrons. The standard InChI is InChI=1S/C16H23NO4/c1-12(10-20-16(17)18)21-15-8-4-7-14(9-15)19-11-13-5-2-3-6-13/h4,7-9,12-13H,2-3,5-6,10-11H2,1H3,(H2,17,18). The van der Waals surface area contributed by atoms with E-state index in [1.807, 2.05) is 31.2 Å². The minimum absolute atomic E-state index is 0.127. The van der Waals surface area contributed by atoms with E-state index in [0.29, 0.717) is 11.7 Å². The fourth-order valence-corrected chi connectivity index (χ4v) is 2.49. The van der Waals surface area contributed by atoms with Crippen LogP contribution in [-0.4, -0.2) is 25.4 Å². The molecule has 21 heavy (non-hydrogen) atoms. The van der Waals surface area contributed by atoms with Crippen molar-refractivity contribution in [1.82, 2.24) is 0 Å². The summed E-state index contributed by atoms with van der Waals surface area (Å²) >= 11 is 0. The minimum atomic E-state index is -0.793. The van der Waals surface area contributed by atoms with Gasteiger partial charge in [-0.25, -0.2) is 4.79 Å². The van der Waals surface area contributed by atoms with Crippen LogP contribution < -0.4 is 15.2 Å². The van der Waals surface area contributed by atoms with Crippen molar-refractivity contribution >= 4 is 6.09 Å². The molecule has 1 unspecified atom stereocenters. The van der Waals surface area contributed by atoms with Gasteiger partial charge in [-0.2, -0.15) is 0 Å². The molecule has 1 aliphatic rings. The quantitative estimate of drug-likeness (QED) is 0.838. The second-order valence-corrected chi connectivity index (χ2v) is 5.49. The van der Waals surface area contributed by atoms with E-state index in [0.717, 1.165) is 12.4 Å². The summed E-state index contributed by atoms with van der Waals surface area (Å²) < 4.78 is 16.2. The third kappa shape index (κ3) is 5.53. The lowest BCUT2D eigenvalue weighted by molar-refractivity contribution is 0.0961. The number of carbonyl (C=O) groups is 1. The molecule has 5 nitrogen and oxygen atoms in total. The van der Waals surface area contributed by atoms with Gasteiger partial charge in [0.05, 0.1) is 6.61 Å². The molecule has 2 rings (SSSR count). The first-order chi connectivity index (χ1) is 10.1. The zero-order valence-corrected chi connectivity index (χ0v) is 12.4. The van der Waals surface area contributed by atoms with Crippen LogP contribution in [-0.2, 0) is 4.74 Å². The molecule has 1 aromatic rings. The van der Waals surface area contributed by atoms with Gasteiger partial charge in [0.25, 0.3) is 0 Å². The van der Waals surface area contributed by atoms with Gasteiger partial charge in [-0.15, -0.1) is 0 Å². The van der Waals surface area contributed by atoms with Crippen molar-refractivity contribution in [2.75, 3.05) is 13.2 Å². The molecule has 1 fully saturated rings. The monoisotopic (exact) mass is 293 g/mol. The van der Waals surface area contributed by atoms with Gasteiger partial charge in [0.15, 0.2) is 0 Å². The van der Waals surface area contributed by atoms with E-state index in [1.54, 1.807) is 0 Å². The second kappa shape index (κ2) is 7.76. The van der Waals surface area contributed by atoms with E-state index in [9.17, 15) is 4.79 Å². The summed E-state index contributed by atoms with van der Waals surface area (Å²) in [6.07, 6.45) is 4.10. The van der Waals surface area contributed by atoms with Crippen molar-refractivity contribution in [3.63, 3.8) is 0 Å². The van der Waals surface area contributed by atoms with Gasteiger partial charge in [0.2, 0.25) is 0 Å². The number of amides is 1. The Hall–Kier alpha value is -1.91. The first kappa shape index (κ1) is 15.5. The Balaban J connectivity index is 1.80. The van der Waals surface area contributed by atoms with Crippen molar-refractivity contribution in [2.24, 2.45) is 11.7 Å². The summed E-state index contributed by atoms with van der Waals surface area (Å²) in [4.78, 5) is 10.5. The van der Waals surface area contributed by atoms with Crippen LogP contribution in [0.15, 0.2) is 24.3 Å². The third-order valence-corrected chi connectivity index (χ3v) is 3.56. The molecule has 1 atom stereocenters. The molecule has 2 N–H and O–H groups in total. The fraction of sp³-hybridized carbons (Fsp3) is 0.562. The largest absolute Gasteiger partial charge is 0.493 e. The van der Waals surface area contributed by atoms with Crippen LogP contribution in [0.25, 0.3) is 0 Å². The van der Waals surface area contributed by atoms with Gasteiger partial charge in [0.1, 0.15) is 24.2 Å². The average Bonchev–Trinajstić information content (AvgIpc) is 2.97. The smallest absolute Gasteiger partial charge is 0.404 e. The van der Waals surface area contributed by atoms with E-state index in [2.05, 4.69) is 0 Å². The average molecular weight is 293 g/mol. The second-order valence-electron chi connectivity index (χ2n) is 5.49. The van der Waals surface area contributed by atoms with Crippen LogP contribution in [0.4, 0.5) is 4.79 Å². The van der Waals surface area contributed by atoms with E-state index in [-0.39, 0.29) is 12.7 Å². The first-order valence-corrected chi connectivity index (χ1v) is 7.45. The van der Waals surface area contributed by atoms with E-state index < -0.39 is 6.09 Å². The molecule has 0 bridgehead atoms. The van der Waals surface area contributed by atoms with Gasteiger partial charge in [-0.05, 0) is 37.8 Å². The highest BCUT2D eigenvalue weighted by molar-refractivity contribution is 5.64. The lowest BCUT2D eigenvalue weighted by atomic mass is 10.1. The number of primary amides is 1. The van der Waals surface area contributed by atoms with Crippen molar-refractivity contribution in [2.45, 2.75) is 38.7 Å². The van der Waals surface area contributed by atoms with Gasteiger partial charge in [0, 0.05) is 6.07 Å². The van der Waals surface area contributed by atoms with Crippen molar-refractivity contribution < 1.29 is 19.0 Å². The highest BCUT2D eigenvalue weighted by atomic mass is 16.6. The predicted octanol–water partition coefficient (Wildman–Crippen LogP) is 3.12. The molecule has 5 heteroatoms. The van der Waals surface area contributed by atoms with Gasteiger partial charge < -0.3 is 19.9 Å². The topological polar surface area (TPSA) is 70.8 Å². The number of benzene rings is 1. The highest BCUT2D eigenvalue weighted by Crippen LogP contribution is 2.26. The van der Waals surface area contributed by atoms with Gasteiger partial charge in [-0.3, -0.25) is 0 Å². The normalized spacial score (nSPS) is 16.4. The number of hydrogen-bond donors (Lipinski definition) is 1. The molecule has 0 radical (unpaired) electrons. The Labute approximate surface area is 125 Å². The molecule has 0 aliphatic heterocycles. The molecule has 0 aromatic heterocycles. The first-order valence-electron chi connectivity index (χ1n) is 7.45. The summed E-state index contributed by atoms with van der Waals surface area (Å²) in [6.45, 7) is 2.71. The summed E-state index contributed by atoms with van der Waals surface area (Å²) in [5, 5.41) is 0. The molecule has 0 saturated heterocycles. The van der Waals surface area contributed by atoms with Crippen LogP contribution in [0, 0.1) is 5.92 Å². The SMILES string of the molecule is CC(COC(N)=O)Oc1cccc(OCC2CCCC2)c1. The van der Waals surface area contributed by atoms with Crippen molar-refractivity contribution in [3.05, 3.63) is 24.3 Å². The fourth-order valence-electron chi connectivity index (χ4n) is 2.49. The predicted molar refractivity (Wildman–Crippen MR) is 79.5 cm³/mol. The van der Waals surface area contributed by atoms with Crippen LogP contribution in [0.2, 0.25) is 0 Å². The van der Waals surface area contributed by atoms with Crippen molar-refractivity contribution in [3.8, 4) is 11.5 Å². The molecule has 0 spiro atoms. The van der Waals surface area contributed by atoms with Crippen LogP contribution in [0.3, 0.4) is 0 Å². The lowest BCUT2D eigenvalue weighted by Gasteiger charge is -2.16. The Morgan fingerprint density at radius 3 is 2.76 bits per heavy atom. The third-order valence-electron chi connectivity index (χ3n) is 3.56. The highest BCUT2D eigenvalue weighted by Gasteiger charge is 2.15.